The standard InChI is InChI=1S/C11H16N6OS2/c1-7-14-11(17-16-7)20-6-9(18)13-4-2-3-8-5-19-10(12)15-8/h5H,2-4,6H2,1H3,(H2,12,15)(H,13,18)(H,14,16,17). The molecule has 0 aromatic carbocycles. The van der Waals surface area contributed by atoms with Gasteiger partial charge >= 0.3 is 0 Å². The van der Waals surface area contributed by atoms with Crippen molar-refractivity contribution in [2.24, 2.45) is 0 Å². The number of amides is 1. The molecule has 0 saturated carbocycles. The summed E-state index contributed by atoms with van der Waals surface area (Å²) in [6, 6.07) is 0. The third kappa shape index (κ3) is 4.82. The SMILES string of the molecule is Cc1nc(SCC(=O)NCCCc2csc(N)n2)n[nH]1. The molecule has 2 aromatic heterocycles. The minimum atomic E-state index is -0.0183. The Bertz CT molecular complexity index is 567. The summed E-state index contributed by atoms with van der Waals surface area (Å²) in [5, 5.41) is 12.7. The van der Waals surface area contributed by atoms with E-state index in [1.54, 1.807) is 0 Å². The summed E-state index contributed by atoms with van der Waals surface area (Å²) in [5.74, 6) is 1.05. The molecule has 0 saturated heterocycles. The molecule has 0 fully saturated rings. The molecule has 7 nitrogen and oxygen atoms in total. The number of nitrogens with one attached hydrogen (secondary N) is 2. The van der Waals surface area contributed by atoms with Crippen LogP contribution < -0.4 is 11.1 Å². The van der Waals surface area contributed by atoms with Crippen LogP contribution >= 0.6 is 23.1 Å². The number of thioether (sulfide) groups is 1. The van der Waals surface area contributed by atoms with Gasteiger partial charge in [0, 0.05) is 11.9 Å². The Morgan fingerprint density at radius 1 is 1.55 bits per heavy atom. The van der Waals surface area contributed by atoms with E-state index in [9.17, 15) is 4.79 Å². The van der Waals surface area contributed by atoms with Crippen LogP contribution in [0.25, 0.3) is 0 Å². The van der Waals surface area contributed by atoms with Crippen molar-refractivity contribution in [1.29, 1.82) is 0 Å². The first-order valence-corrected chi connectivity index (χ1v) is 7.98. The smallest absolute Gasteiger partial charge is 0.230 e. The van der Waals surface area contributed by atoms with E-state index < -0.39 is 0 Å². The van der Waals surface area contributed by atoms with Gasteiger partial charge in [-0.05, 0) is 19.8 Å². The maximum absolute atomic E-state index is 11.6. The number of aromatic nitrogens is 4. The number of aryl methyl sites for hydroxylation is 2. The van der Waals surface area contributed by atoms with Gasteiger partial charge in [0.1, 0.15) is 5.82 Å². The number of aromatic amines is 1. The van der Waals surface area contributed by atoms with Gasteiger partial charge in [-0.25, -0.2) is 9.97 Å². The van der Waals surface area contributed by atoms with Crippen LogP contribution in [-0.4, -0.2) is 38.4 Å². The molecule has 0 bridgehead atoms. The van der Waals surface area contributed by atoms with Crippen molar-refractivity contribution >= 4 is 34.1 Å². The average molecular weight is 312 g/mol. The van der Waals surface area contributed by atoms with E-state index >= 15 is 0 Å². The molecular weight excluding hydrogens is 296 g/mol. The molecule has 0 aliphatic carbocycles. The fourth-order valence-electron chi connectivity index (χ4n) is 1.50. The summed E-state index contributed by atoms with van der Waals surface area (Å²) in [6.45, 7) is 2.45. The van der Waals surface area contributed by atoms with E-state index in [0.717, 1.165) is 24.4 Å². The second-order valence-electron chi connectivity index (χ2n) is 4.12. The second kappa shape index (κ2) is 7.25. The van der Waals surface area contributed by atoms with E-state index in [2.05, 4.69) is 25.5 Å². The number of nitrogens with two attached hydrogens (primary N) is 1. The van der Waals surface area contributed by atoms with Gasteiger partial charge in [-0.2, -0.15) is 0 Å². The summed E-state index contributed by atoms with van der Waals surface area (Å²) in [5.41, 5.74) is 6.53. The van der Waals surface area contributed by atoms with E-state index in [4.69, 9.17) is 5.73 Å². The fraction of sp³-hybridized carbons (Fsp3) is 0.455. The highest BCUT2D eigenvalue weighted by molar-refractivity contribution is 7.99. The predicted octanol–water partition coefficient (Wildman–Crippen LogP) is 0.993. The van der Waals surface area contributed by atoms with E-state index in [-0.39, 0.29) is 5.91 Å². The molecule has 1 amide bonds. The number of anilines is 1. The molecule has 0 radical (unpaired) electrons. The lowest BCUT2D eigenvalue weighted by atomic mass is 10.2. The lowest BCUT2D eigenvalue weighted by Crippen LogP contribution is -2.26. The Balaban J connectivity index is 1.58. The number of nitrogen functional groups attached to an aromatic ring is 1. The minimum absolute atomic E-state index is 0.0183. The highest BCUT2D eigenvalue weighted by Crippen LogP contribution is 2.12. The number of H-pyrrole nitrogens is 1. The van der Waals surface area contributed by atoms with Crippen LogP contribution in [-0.2, 0) is 11.2 Å². The molecule has 0 aliphatic heterocycles. The highest BCUT2D eigenvalue weighted by Gasteiger charge is 2.06. The largest absolute Gasteiger partial charge is 0.375 e. The van der Waals surface area contributed by atoms with Gasteiger partial charge < -0.3 is 11.1 Å². The average Bonchev–Trinajstić information content (AvgIpc) is 3.01. The van der Waals surface area contributed by atoms with E-state index in [0.29, 0.717) is 22.6 Å². The number of thiazole rings is 1. The van der Waals surface area contributed by atoms with Crippen molar-refractivity contribution < 1.29 is 4.79 Å². The van der Waals surface area contributed by atoms with Gasteiger partial charge in [-0.15, -0.1) is 16.4 Å². The molecular formula is C11H16N6OS2. The summed E-state index contributed by atoms with van der Waals surface area (Å²) in [4.78, 5) is 19.9. The first-order valence-electron chi connectivity index (χ1n) is 6.12. The molecule has 0 atom stereocenters. The minimum Gasteiger partial charge on any atom is -0.375 e. The fourth-order valence-corrected chi connectivity index (χ4v) is 2.77. The maximum Gasteiger partial charge on any atom is 0.230 e. The Hall–Kier alpha value is -1.61. The topological polar surface area (TPSA) is 110 Å². The Kier molecular flexibility index (Phi) is 5.36. The molecule has 0 aliphatic rings. The zero-order chi connectivity index (χ0) is 14.4. The van der Waals surface area contributed by atoms with Crippen molar-refractivity contribution in [2.45, 2.75) is 24.9 Å². The van der Waals surface area contributed by atoms with Crippen LogP contribution in [0.3, 0.4) is 0 Å². The number of rotatable bonds is 7. The number of nitrogens with zero attached hydrogens (tertiary/aromatic N) is 3. The van der Waals surface area contributed by atoms with Crippen LogP contribution in [0.2, 0.25) is 0 Å². The summed E-state index contributed by atoms with van der Waals surface area (Å²) in [6.07, 6.45) is 1.67. The van der Waals surface area contributed by atoms with Gasteiger partial charge in [-0.3, -0.25) is 9.89 Å². The lowest BCUT2D eigenvalue weighted by molar-refractivity contribution is -0.118. The van der Waals surface area contributed by atoms with Crippen molar-refractivity contribution in [3.8, 4) is 0 Å². The third-order valence-corrected chi connectivity index (χ3v) is 3.98. The first kappa shape index (κ1) is 14.8. The number of hydrogen-bond donors (Lipinski definition) is 3. The van der Waals surface area contributed by atoms with Crippen LogP contribution in [0.1, 0.15) is 17.9 Å². The van der Waals surface area contributed by atoms with Crippen molar-refractivity contribution in [3.63, 3.8) is 0 Å². The normalized spacial score (nSPS) is 10.7. The first-order chi connectivity index (χ1) is 9.63. The number of carbonyl (C=O) groups is 1. The van der Waals surface area contributed by atoms with Crippen LogP contribution in [0, 0.1) is 6.92 Å². The summed E-state index contributed by atoms with van der Waals surface area (Å²) < 4.78 is 0. The second-order valence-corrected chi connectivity index (χ2v) is 5.95. The van der Waals surface area contributed by atoms with Crippen LogP contribution in [0.15, 0.2) is 10.5 Å². The molecule has 0 unspecified atom stereocenters. The number of hydrogen-bond acceptors (Lipinski definition) is 7. The molecule has 2 heterocycles. The Morgan fingerprint density at radius 2 is 2.40 bits per heavy atom. The van der Waals surface area contributed by atoms with Gasteiger partial charge in [0.05, 0.1) is 11.4 Å². The maximum atomic E-state index is 11.6. The summed E-state index contributed by atoms with van der Waals surface area (Å²) in [7, 11) is 0. The van der Waals surface area contributed by atoms with Crippen molar-refractivity contribution in [3.05, 3.63) is 16.9 Å². The van der Waals surface area contributed by atoms with Crippen LogP contribution in [0.5, 0.6) is 0 Å². The predicted molar refractivity (Wildman–Crippen MR) is 79.7 cm³/mol. The van der Waals surface area contributed by atoms with Crippen molar-refractivity contribution in [2.75, 3.05) is 18.0 Å². The zero-order valence-electron chi connectivity index (χ0n) is 11.0. The zero-order valence-corrected chi connectivity index (χ0v) is 12.7. The Labute approximate surface area is 124 Å². The van der Waals surface area contributed by atoms with Gasteiger partial charge in [0.25, 0.3) is 0 Å². The Morgan fingerprint density at radius 3 is 3.05 bits per heavy atom. The quantitative estimate of drug-likeness (QED) is 0.519. The van der Waals surface area contributed by atoms with Gasteiger partial charge in [-0.1, -0.05) is 11.8 Å². The lowest BCUT2D eigenvalue weighted by Gasteiger charge is -2.02. The van der Waals surface area contributed by atoms with Crippen molar-refractivity contribution in [1.82, 2.24) is 25.5 Å². The summed E-state index contributed by atoms with van der Waals surface area (Å²) >= 11 is 2.75. The molecule has 9 heteroatoms. The molecule has 20 heavy (non-hydrogen) atoms. The van der Waals surface area contributed by atoms with Crippen LogP contribution in [0.4, 0.5) is 5.13 Å². The van der Waals surface area contributed by atoms with E-state index in [1.165, 1.54) is 23.1 Å². The third-order valence-electron chi connectivity index (χ3n) is 2.41. The molecule has 108 valence electrons. The van der Waals surface area contributed by atoms with E-state index in [1.807, 2.05) is 12.3 Å². The monoisotopic (exact) mass is 312 g/mol. The molecule has 2 aromatic rings. The van der Waals surface area contributed by atoms with Gasteiger partial charge in [0.15, 0.2) is 5.13 Å². The van der Waals surface area contributed by atoms with Gasteiger partial charge in [0.2, 0.25) is 11.1 Å². The highest BCUT2D eigenvalue weighted by atomic mass is 32.2. The molecule has 2 rings (SSSR count). The number of carbonyl (C=O) groups excluding carboxylic acids is 1. The molecule has 0 spiro atoms. The molecule has 4 N–H and O–H groups in total.